The molecule has 1 saturated heterocycles. The lowest BCUT2D eigenvalue weighted by molar-refractivity contribution is 0.387. The van der Waals surface area contributed by atoms with Crippen LogP contribution in [0.25, 0.3) is 11.0 Å². The van der Waals surface area contributed by atoms with Gasteiger partial charge in [0.1, 0.15) is 0 Å². The van der Waals surface area contributed by atoms with Crippen molar-refractivity contribution in [2.45, 2.75) is 39.7 Å². The highest BCUT2D eigenvalue weighted by atomic mass is 15.1. The zero-order valence-corrected chi connectivity index (χ0v) is 17.2. The van der Waals surface area contributed by atoms with Crippen LogP contribution in [-0.4, -0.2) is 40.0 Å². The summed E-state index contributed by atoms with van der Waals surface area (Å²) < 4.78 is 0. The number of hydrogen-bond acceptors (Lipinski definition) is 5. The Morgan fingerprint density at radius 3 is 2.64 bits per heavy atom. The summed E-state index contributed by atoms with van der Waals surface area (Å²) in [5, 5.41) is 3.38. The fourth-order valence-electron chi connectivity index (χ4n) is 3.64. The van der Waals surface area contributed by atoms with Gasteiger partial charge in [-0.25, -0.2) is 0 Å². The Morgan fingerprint density at radius 1 is 1.11 bits per heavy atom. The van der Waals surface area contributed by atoms with E-state index < -0.39 is 0 Å². The summed E-state index contributed by atoms with van der Waals surface area (Å²) in [7, 11) is 2.22. The van der Waals surface area contributed by atoms with Gasteiger partial charge < -0.3 is 10.2 Å². The Morgan fingerprint density at radius 2 is 1.93 bits per heavy atom. The van der Waals surface area contributed by atoms with Gasteiger partial charge >= 0.3 is 0 Å². The van der Waals surface area contributed by atoms with E-state index in [1.807, 2.05) is 18.3 Å². The summed E-state index contributed by atoms with van der Waals surface area (Å²) in [5.74, 6) is 1.01. The first-order chi connectivity index (χ1) is 13.7. The summed E-state index contributed by atoms with van der Waals surface area (Å²) in [6.45, 7) is 7.76. The fraction of sp³-hybridized carbons (Fsp3) is 0.435. The lowest BCUT2D eigenvalue weighted by Gasteiger charge is -2.09. The van der Waals surface area contributed by atoms with Crippen molar-refractivity contribution < 1.29 is 0 Å². The molecule has 0 bridgehead atoms. The van der Waals surface area contributed by atoms with Crippen LogP contribution in [0.1, 0.15) is 37.3 Å². The molecular formula is C23H31N5. The van der Waals surface area contributed by atoms with E-state index in [1.165, 1.54) is 43.5 Å². The summed E-state index contributed by atoms with van der Waals surface area (Å²) in [6, 6.07) is 8.11. The number of nitrogens with one attached hydrogen (secondary N) is 1. The van der Waals surface area contributed by atoms with E-state index in [0.717, 1.165) is 29.2 Å². The number of nitrogens with zero attached hydrogens (tertiary/aromatic N) is 4. The molecule has 0 aliphatic carbocycles. The van der Waals surface area contributed by atoms with Gasteiger partial charge in [0.2, 0.25) is 0 Å². The Hall–Kier alpha value is -2.53. The van der Waals surface area contributed by atoms with Gasteiger partial charge in [0.25, 0.3) is 0 Å². The molecule has 1 aromatic carbocycles. The van der Waals surface area contributed by atoms with Crippen LogP contribution in [0.4, 0.5) is 5.69 Å². The van der Waals surface area contributed by atoms with Gasteiger partial charge in [-0.2, -0.15) is 0 Å². The maximum absolute atomic E-state index is 4.31. The molecule has 3 heterocycles. The van der Waals surface area contributed by atoms with Crippen molar-refractivity contribution in [2.75, 3.05) is 25.5 Å². The minimum absolute atomic E-state index is 0.749. The van der Waals surface area contributed by atoms with E-state index in [0.29, 0.717) is 0 Å². The number of aryl methyl sites for hydroxylation is 1. The van der Waals surface area contributed by atoms with Crippen molar-refractivity contribution in [2.24, 2.45) is 5.92 Å². The van der Waals surface area contributed by atoms with Crippen LogP contribution >= 0.6 is 0 Å². The monoisotopic (exact) mass is 377 g/mol. The standard InChI is InChI=1S/C15H14N4.C8H17N/c1-11-4-5-16-10-15(11)19-9-12-2-3-13-14(8-12)18-7-6-17-13;1-3-4-8-5-6-9(2)7-8/h2-8,10,19H,9H2,1H3;8H,3-7H2,1-2H3. The van der Waals surface area contributed by atoms with Gasteiger partial charge in [-0.15, -0.1) is 0 Å². The second-order valence-electron chi connectivity index (χ2n) is 7.63. The van der Waals surface area contributed by atoms with Crippen LogP contribution in [-0.2, 0) is 6.54 Å². The zero-order chi connectivity index (χ0) is 19.8. The van der Waals surface area contributed by atoms with Crippen molar-refractivity contribution in [3.05, 3.63) is 60.2 Å². The average molecular weight is 378 g/mol. The third kappa shape index (κ3) is 5.73. The van der Waals surface area contributed by atoms with Crippen molar-refractivity contribution in [1.82, 2.24) is 19.9 Å². The minimum Gasteiger partial charge on any atom is -0.380 e. The third-order valence-electron chi connectivity index (χ3n) is 5.24. The Kier molecular flexibility index (Phi) is 7.31. The highest BCUT2D eigenvalue weighted by molar-refractivity contribution is 5.74. The molecule has 3 aromatic rings. The van der Waals surface area contributed by atoms with Gasteiger partial charge in [-0.3, -0.25) is 15.0 Å². The first-order valence-electron chi connectivity index (χ1n) is 10.2. The molecule has 0 spiro atoms. The first-order valence-corrected chi connectivity index (χ1v) is 10.2. The number of anilines is 1. The third-order valence-corrected chi connectivity index (χ3v) is 5.24. The quantitative estimate of drug-likeness (QED) is 0.699. The molecule has 1 unspecified atom stereocenters. The van der Waals surface area contributed by atoms with E-state index in [-0.39, 0.29) is 0 Å². The molecule has 1 N–H and O–H groups in total. The SMILES string of the molecule is CCCC1CCN(C)C1.Cc1ccncc1NCc1ccc2nccnc2c1. The molecule has 0 saturated carbocycles. The number of rotatable bonds is 5. The summed E-state index contributed by atoms with van der Waals surface area (Å²) in [5.41, 5.74) is 5.27. The molecule has 28 heavy (non-hydrogen) atoms. The molecule has 5 nitrogen and oxygen atoms in total. The molecule has 5 heteroatoms. The molecule has 1 aliphatic rings. The lowest BCUT2D eigenvalue weighted by atomic mass is 10.0. The van der Waals surface area contributed by atoms with E-state index in [9.17, 15) is 0 Å². The molecule has 0 amide bonds. The highest BCUT2D eigenvalue weighted by Crippen LogP contribution is 2.18. The molecule has 4 rings (SSSR count). The number of likely N-dealkylation sites (tertiary alicyclic amines) is 1. The van der Waals surface area contributed by atoms with E-state index >= 15 is 0 Å². The number of fused-ring (bicyclic) bond motifs is 1. The van der Waals surface area contributed by atoms with E-state index in [2.05, 4.69) is 58.2 Å². The predicted molar refractivity (Wildman–Crippen MR) is 116 cm³/mol. The molecule has 2 aromatic heterocycles. The van der Waals surface area contributed by atoms with Crippen LogP contribution in [0.3, 0.4) is 0 Å². The van der Waals surface area contributed by atoms with Crippen molar-refractivity contribution in [3.63, 3.8) is 0 Å². The maximum atomic E-state index is 4.31. The minimum atomic E-state index is 0.749. The fourth-order valence-corrected chi connectivity index (χ4v) is 3.64. The zero-order valence-electron chi connectivity index (χ0n) is 17.2. The van der Waals surface area contributed by atoms with Gasteiger partial charge in [0.05, 0.1) is 22.9 Å². The second kappa shape index (κ2) is 10.1. The average Bonchev–Trinajstić information content (AvgIpc) is 3.13. The number of benzene rings is 1. The lowest BCUT2D eigenvalue weighted by Crippen LogP contribution is -2.13. The number of aromatic nitrogens is 3. The van der Waals surface area contributed by atoms with Crippen LogP contribution in [0, 0.1) is 12.8 Å². The van der Waals surface area contributed by atoms with Crippen LogP contribution in [0.2, 0.25) is 0 Å². The van der Waals surface area contributed by atoms with Crippen LogP contribution < -0.4 is 5.32 Å². The summed E-state index contributed by atoms with van der Waals surface area (Å²) >= 11 is 0. The Bertz CT molecular complexity index is 878. The molecule has 1 fully saturated rings. The van der Waals surface area contributed by atoms with Gasteiger partial charge in [0, 0.05) is 31.7 Å². The maximum Gasteiger partial charge on any atom is 0.0890 e. The topological polar surface area (TPSA) is 53.9 Å². The van der Waals surface area contributed by atoms with E-state index in [4.69, 9.17) is 0 Å². The van der Waals surface area contributed by atoms with Crippen molar-refractivity contribution in [3.8, 4) is 0 Å². The van der Waals surface area contributed by atoms with Gasteiger partial charge in [-0.1, -0.05) is 19.4 Å². The summed E-state index contributed by atoms with van der Waals surface area (Å²) in [4.78, 5) is 15.1. The predicted octanol–water partition coefficient (Wildman–Crippen LogP) is 4.68. The molecule has 148 valence electrons. The van der Waals surface area contributed by atoms with Crippen molar-refractivity contribution >= 4 is 16.7 Å². The van der Waals surface area contributed by atoms with Crippen LogP contribution in [0.5, 0.6) is 0 Å². The van der Waals surface area contributed by atoms with Gasteiger partial charge in [0.15, 0.2) is 0 Å². The Balaban J connectivity index is 0.000000211. The Labute approximate surface area is 168 Å². The second-order valence-corrected chi connectivity index (χ2v) is 7.63. The molecule has 1 atom stereocenters. The number of hydrogen-bond donors (Lipinski definition) is 1. The largest absolute Gasteiger partial charge is 0.380 e. The van der Waals surface area contributed by atoms with Gasteiger partial charge in [-0.05, 0) is 68.6 Å². The van der Waals surface area contributed by atoms with E-state index in [1.54, 1.807) is 18.6 Å². The molecule has 0 radical (unpaired) electrons. The molecule has 1 aliphatic heterocycles. The van der Waals surface area contributed by atoms with Crippen LogP contribution in [0.15, 0.2) is 49.1 Å². The normalized spacial score (nSPS) is 16.6. The van der Waals surface area contributed by atoms with Crippen molar-refractivity contribution in [1.29, 1.82) is 0 Å². The summed E-state index contributed by atoms with van der Waals surface area (Å²) in [6.07, 6.45) is 11.3. The first kappa shape index (κ1) is 20.2. The smallest absolute Gasteiger partial charge is 0.0890 e. The molecular weight excluding hydrogens is 346 g/mol. The highest BCUT2D eigenvalue weighted by Gasteiger charge is 2.17. The number of pyridine rings is 1.